The molecule has 6 heteroatoms. The second-order valence-electron chi connectivity index (χ2n) is 9.27. The zero-order valence-electron chi connectivity index (χ0n) is 20.4. The van der Waals surface area contributed by atoms with E-state index < -0.39 is 0 Å². The first-order chi connectivity index (χ1) is 17.2. The van der Waals surface area contributed by atoms with Crippen molar-refractivity contribution in [3.8, 4) is 0 Å². The lowest BCUT2D eigenvalue weighted by Crippen LogP contribution is -2.41. The highest BCUT2D eigenvalue weighted by Gasteiger charge is 2.23. The van der Waals surface area contributed by atoms with Crippen molar-refractivity contribution in [2.24, 2.45) is 0 Å². The van der Waals surface area contributed by atoms with Crippen molar-refractivity contribution in [2.45, 2.75) is 38.6 Å². The maximum absolute atomic E-state index is 13.0. The number of aryl methyl sites for hydroxylation is 1. The summed E-state index contributed by atoms with van der Waals surface area (Å²) in [5, 5.41) is 0.703. The van der Waals surface area contributed by atoms with E-state index in [1.54, 1.807) is 6.33 Å². The van der Waals surface area contributed by atoms with E-state index in [4.69, 9.17) is 0 Å². The van der Waals surface area contributed by atoms with Gasteiger partial charge in [0.1, 0.15) is 5.82 Å². The average Bonchev–Trinajstić information content (AvgIpc) is 2.91. The molecule has 0 saturated carbocycles. The van der Waals surface area contributed by atoms with Gasteiger partial charge in [-0.25, -0.2) is 9.97 Å². The van der Waals surface area contributed by atoms with E-state index in [2.05, 4.69) is 63.1 Å². The van der Waals surface area contributed by atoms with Gasteiger partial charge in [0, 0.05) is 44.1 Å². The van der Waals surface area contributed by atoms with Crippen LogP contribution in [0, 0.1) is 0 Å². The fourth-order valence-electron chi connectivity index (χ4n) is 5.13. The zero-order valence-corrected chi connectivity index (χ0v) is 20.4. The first kappa shape index (κ1) is 23.2. The van der Waals surface area contributed by atoms with Crippen LogP contribution in [0.2, 0.25) is 0 Å². The van der Waals surface area contributed by atoms with Crippen LogP contribution in [0.5, 0.6) is 0 Å². The highest BCUT2D eigenvalue weighted by molar-refractivity contribution is 5.76. The molecule has 1 aliphatic rings. The molecular formula is C29H33N5O. The third kappa shape index (κ3) is 5.13. The van der Waals surface area contributed by atoms with E-state index >= 15 is 0 Å². The number of para-hydroxylation sites is 2. The van der Waals surface area contributed by atoms with Crippen LogP contribution in [-0.4, -0.2) is 45.6 Å². The molecule has 0 amide bonds. The van der Waals surface area contributed by atoms with Gasteiger partial charge in [-0.2, -0.15) is 0 Å². The summed E-state index contributed by atoms with van der Waals surface area (Å²) in [4.78, 5) is 27.1. The number of rotatable bonds is 8. The van der Waals surface area contributed by atoms with Gasteiger partial charge in [0.25, 0.3) is 5.56 Å². The first-order valence-electron chi connectivity index (χ1n) is 12.7. The van der Waals surface area contributed by atoms with Crippen molar-refractivity contribution in [3.63, 3.8) is 0 Å². The molecule has 6 nitrogen and oxygen atoms in total. The Labute approximate surface area is 206 Å². The van der Waals surface area contributed by atoms with Crippen LogP contribution in [0.3, 0.4) is 0 Å². The van der Waals surface area contributed by atoms with Crippen LogP contribution in [0.25, 0.3) is 10.9 Å². The Balaban J connectivity index is 1.28. The SMILES string of the molecule is CCCc1ccccc1N(CCN1CCC(n2cnc3ccccc3c2=O)CC1)c1ccccn1. The Bertz CT molecular complexity index is 1310. The molecular weight excluding hydrogens is 434 g/mol. The second kappa shape index (κ2) is 10.8. The van der Waals surface area contributed by atoms with Crippen LogP contribution in [0.15, 0.2) is 84.0 Å². The average molecular weight is 468 g/mol. The minimum Gasteiger partial charge on any atom is -0.325 e. The molecule has 0 spiro atoms. The zero-order chi connectivity index (χ0) is 24.0. The fraction of sp³-hybridized carbons (Fsp3) is 0.345. The molecule has 2 aromatic carbocycles. The lowest BCUT2D eigenvalue weighted by atomic mass is 10.0. The molecule has 0 aliphatic carbocycles. The summed E-state index contributed by atoms with van der Waals surface area (Å²) in [7, 11) is 0. The molecule has 1 aliphatic heterocycles. The maximum Gasteiger partial charge on any atom is 0.261 e. The molecule has 3 heterocycles. The van der Waals surface area contributed by atoms with Crippen molar-refractivity contribution in [2.75, 3.05) is 31.1 Å². The molecule has 180 valence electrons. The number of pyridine rings is 1. The van der Waals surface area contributed by atoms with Crippen molar-refractivity contribution in [3.05, 3.63) is 95.2 Å². The van der Waals surface area contributed by atoms with Gasteiger partial charge in [-0.1, -0.05) is 49.7 Å². The van der Waals surface area contributed by atoms with E-state index in [-0.39, 0.29) is 11.6 Å². The maximum atomic E-state index is 13.0. The van der Waals surface area contributed by atoms with Crippen LogP contribution < -0.4 is 10.5 Å². The lowest BCUT2D eigenvalue weighted by Gasteiger charge is -2.35. The lowest BCUT2D eigenvalue weighted by molar-refractivity contribution is 0.188. The van der Waals surface area contributed by atoms with Gasteiger partial charge >= 0.3 is 0 Å². The highest BCUT2D eigenvalue weighted by atomic mass is 16.1. The third-order valence-electron chi connectivity index (χ3n) is 7.01. The summed E-state index contributed by atoms with van der Waals surface area (Å²) in [5.74, 6) is 0.986. The van der Waals surface area contributed by atoms with Crippen LogP contribution >= 0.6 is 0 Å². The number of fused-ring (bicyclic) bond motifs is 1. The molecule has 0 N–H and O–H groups in total. The van der Waals surface area contributed by atoms with Gasteiger partial charge in [0.2, 0.25) is 0 Å². The number of likely N-dealkylation sites (tertiary alicyclic amines) is 1. The van der Waals surface area contributed by atoms with Crippen molar-refractivity contribution in [1.29, 1.82) is 0 Å². The summed E-state index contributed by atoms with van der Waals surface area (Å²) in [6.45, 7) is 5.99. The van der Waals surface area contributed by atoms with Crippen molar-refractivity contribution < 1.29 is 0 Å². The molecule has 1 saturated heterocycles. The van der Waals surface area contributed by atoms with E-state index in [1.165, 1.54) is 11.3 Å². The number of aromatic nitrogens is 3. The summed E-state index contributed by atoms with van der Waals surface area (Å²) < 4.78 is 1.85. The molecule has 4 aromatic rings. The monoisotopic (exact) mass is 467 g/mol. The predicted octanol–water partition coefficient (Wildman–Crippen LogP) is 5.22. The van der Waals surface area contributed by atoms with Crippen molar-refractivity contribution >= 4 is 22.4 Å². The molecule has 5 rings (SSSR count). The normalized spacial score (nSPS) is 14.9. The Morgan fingerprint density at radius 1 is 0.943 bits per heavy atom. The van der Waals surface area contributed by atoms with Gasteiger partial charge in [-0.15, -0.1) is 0 Å². The molecule has 1 fully saturated rings. The summed E-state index contributed by atoms with van der Waals surface area (Å²) in [6, 6.07) is 22.6. The van der Waals surface area contributed by atoms with Crippen LogP contribution in [-0.2, 0) is 6.42 Å². The second-order valence-corrected chi connectivity index (χ2v) is 9.27. The molecule has 35 heavy (non-hydrogen) atoms. The third-order valence-corrected chi connectivity index (χ3v) is 7.01. The summed E-state index contributed by atoms with van der Waals surface area (Å²) in [6.07, 6.45) is 7.68. The van der Waals surface area contributed by atoms with E-state index in [0.717, 1.165) is 63.2 Å². The summed E-state index contributed by atoms with van der Waals surface area (Å²) >= 11 is 0. The molecule has 2 aromatic heterocycles. The van der Waals surface area contributed by atoms with Gasteiger partial charge < -0.3 is 9.80 Å². The molecule has 0 unspecified atom stereocenters. The molecule has 0 bridgehead atoms. The van der Waals surface area contributed by atoms with Gasteiger partial charge in [0.05, 0.1) is 17.2 Å². The van der Waals surface area contributed by atoms with Gasteiger partial charge in [-0.05, 0) is 55.2 Å². The topological polar surface area (TPSA) is 54.3 Å². The number of benzene rings is 2. The number of hydrogen-bond acceptors (Lipinski definition) is 5. The Morgan fingerprint density at radius 2 is 1.71 bits per heavy atom. The Hall–Kier alpha value is -3.51. The van der Waals surface area contributed by atoms with Gasteiger partial charge in [0.15, 0.2) is 0 Å². The highest BCUT2D eigenvalue weighted by Crippen LogP contribution is 2.28. The predicted molar refractivity (Wildman–Crippen MR) is 142 cm³/mol. The number of anilines is 2. The Morgan fingerprint density at radius 3 is 2.51 bits per heavy atom. The number of piperidine rings is 1. The van der Waals surface area contributed by atoms with E-state index in [9.17, 15) is 4.79 Å². The summed E-state index contributed by atoms with van der Waals surface area (Å²) in [5.41, 5.74) is 3.45. The standard InChI is InChI=1S/C29H33N5O/c1-2-9-23-10-3-6-13-27(23)33(28-14-7-8-17-30-28)21-20-32-18-15-24(16-19-32)34-22-31-26-12-5-4-11-25(26)29(34)35/h3-8,10-14,17,22,24H,2,9,15-16,18-21H2,1H3. The van der Waals surface area contributed by atoms with Crippen molar-refractivity contribution in [1.82, 2.24) is 19.4 Å². The fourth-order valence-corrected chi connectivity index (χ4v) is 5.13. The first-order valence-corrected chi connectivity index (χ1v) is 12.7. The van der Waals surface area contributed by atoms with Crippen LogP contribution in [0.1, 0.15) is 37.8 Å². The van der Waals surface area contributed by atoms with E-state index in [0.29, 0.717) is 5.39 Å². The van der Waals surface area contributed by atoms with Gasteiger partial charge in [-0.3, -0.25) is 9.36 Å². The minimum absolute atomic E-state index is 0.0721. The van der Waals surface area contributed by atoms with Crippen LogP contribution in [0.4, 0.5) is 11.5 Å². The smallest absolute Gasteiger partial charge is 0.261 e. The number of nitrogens with zero attached hydrogens (tertiary/aromatic N) is 5. The van der Waals surface area contributed by atoms with E-state index in [1.807, 2.05) is 41.1 Å². The minimum atomic E-state index is 0.0721. The molecule has 0 radical (unpaired) electrons. The quantitative estimate of drug-likeness (QED) is 0.356. The largest absolute Gasteiger partial charge is 0.325 e. The molecule has 0 atom stereocenters. The number of hydrogen-bond donors (Lipinski definition) is 0. The Kier molecular flexibility index (Phi) is 7.19.